The first-order valence-corrected chi connectivity index (χ1v) is 12.0. The zero-order valence-corrected chi connectivity index (χ0v) is 18.2. The summed E-state index contributed by atoms with van der Waals surface area (Å²) in [5.74, 6) is -2.53. The van der Waals surface area contributed by atoms with Gasteiger partial charge in [-0.2, -0.15) is 0 Å². The number of rotatable bonds is 17. The van der Waals surface area contributed by atoms with Crippen molar-refractivity contribution in [3.05, 3.63) is 0 Å². The highest BCUT2D eigenvalue weighted by molar-refractivity contribution is 5.83. The summed E-state index contributed by atoms with van der Waals surface area (Å²) in [6, 6.07) is 0. The van der Waals surface area contributed by atoms with E-state index in [-0.39, 0.29) is 0 Å². The van der Waals surface area contributed by atoms with Crippen LogP contribution in [0.4, 0.5) is 0 Å². The molecule has 1 saturated carbocycles. The van der Waals surface area contributed by atoms with Crippen LogP contribution in [0.5, 0.6) is 0 Å². The third-order valence-electron chi connectivity index (χ3n) is 6.73. The summed E-state index contributed by atoms with van der Waals surface area (Å²) in [5, 5.41) is 19.2. The summed E-state index contributed by atoms with van der Waals surface area (Å²) in [7, 11) is 0. The molecule has 2 N–H and O–H groups in total. The van der Waals surface area contributed by atoms with Crippen molar-refractivity contribution in [2.24, 2.45) is 11.3 Å². The van der Waals surface area contributed by atoms with E-state index in [1.165, 1.54) is 70.6 Å². The Bertz CT molecular complexity index is 434. The van der Waals surface area contributed by atoms with Gasteiger partial charge in [-0.25, -0.2) is 0 Å². The third kappa shape index (κ3) is 8.96. The number of hydrogen-bond acceptors (Lipinski definition) is 2. The molecule has 1 fully saturated rings. The van der Waals surface area contributed by atoms with Crippen molar-refractivity contribution in [1.29, 1.82) is 0 Å². The number of unbranched alkanes of at least 4 members (excludes halogenated alkanes) is 13. The Kier molecular flexibility index (Phi) is 13.3. The van der Waals surface area contributed by atoms with Crippen molar-refractivity contribution in [1.82, 2.24) is 0 Å². The quantitative estimate of drug-likeness (QED) is 0.255. The van der Waals surface area contributed by atoms with Crippen LogP contribution in [0.1, 0.15) is 129 Å². The van der Waals surface area contributed by atoms with Crippen LogP contribution in [0.15, 0.2) is 0 Å². The lowest BCUT2D eigenvalue weighted by Gasteiger charge is -2.38. The molecule has 0 aromatic heterocycles. The van der Waals surface area contributed by atoms with Crippen LogP contribution in [0.3, 0.4) is 0 Å². The minimum absolute atomic E-state index is 0.514. The van der Waals surface area contributed by atoms with Gasteiger partial charge in [-0.05, 0) is 19.3 Å². The number of aliphatic carboxylic acids is 2. The minimum atomic E-state index is -1.03. The molecule has 4 heteroatoms. The summed E-state index contributed by atoms with van der Waals surface area (Å²) in [6.45, 7) is 2.26. The maximum Gasteiger partial charge on any atom is 0.310 e. The van der Waals surface area contributed by atoms with Crippen LogP contribution in [0, 0.1) is 11.3 Å². The predicted octanol–water partition coefficient (Wildman–Crippen LogP) is 7.20. The molecule has 2 atom stereocenters. The van der Waals surface area contributed by atoms with Gasteiger partial charge in [0, 0.05) is 0 Å². The number of carboxylic acid groups (broad SMARTS) is 2. The summed E-state index contributed by atoms with van der Waals surface area (Å²) >= 11 is 0. The maximum atomic E-state index is 11.9. The Hall–Kier alpha value is -1.06. The van der Waals surface area contributed by atoms with Gasteiger partial charge < -0.3 is 10.2 Å². The highest BCUT2D eigenvalue weighted by Crippen LogP contribution is 2.45. The molecule has 0 aromatic rings. The Balaban J connectivity index is 2.08. The van der Waals surface area contributed by atoms with Crippen LogP contribution >= 0.6 is 0 Å². The van der Waals surface area contributed by atoms with Gasteiger partial charge in [0.15, 0.2) is 0 Å². The molecule has 28 heavy (non-hydrogen) atoms. The fourth-order valence-corrected chi connectivity index (χ4v) is 4.90. The molecule has 164 valence electrons. The van der Waals surface area contributed by atoms with E-state index in [0.29, 0.717) is 19.3 Å². The van der Waals surface area contributed by atoms with Crippen molar-refractivity contribution in [3.8, 4) is 0 Å². The van der Waals surface area contributed by atoms with Gasteiger partial charge in [0.25, 0.3) is 0 Å². The minimum Gasteiger partial charge on any atom is -0.481 e. The molecule has 0 saturated heterocycles. The van der Waals surface area contributed by atoms with Gasteiger partial charge in [0.2, 0.25) is 0 Å². The highest BCUT2D eigenvalue weighted by Gasteiger charge is 2.50. The van der Waals surface area contributed by atoms with E-state index in [9.17, 15) is 19.8 Å². The molecule has 0 aliphatic heterocycles. The molecule has 1 rings (SSSR count). The molecule has 1 aliphatic carbocycles. The first-order valence-electron chi connectivity index (χ1n) is 12.0. The van der Waals surface area contributed by atoms with Crippen LogP contribution in [-0.2, 0) is 9.59 Å². The topological polar surface area (TPSA) is 74.6 Å². The summed E-state index contributed by atoms with van der Waals surface area (Å²) in [5.41, 5.74) is -1.03. The second-order valence-electron chi connectivity index (χ2n) is 8.94. The standard InChI is InChI=1S/C24H44O4/c1-2-3-4-5-6-7-8-9-10-11-12-13-14-16-19-24(23(27)28)20-17-15-18-21(24)22(25)26/h21H,2-20H2,1H3,(H,25,26)(H,27,28). The van der Waals surface area contributed by atoms with Gasteiger partial charge in [0.1, 0.15) is 0 Å². The smallest absolute Gasteiger partial charge is 0.310 e. The fourth-order valence-electron chi connectivity index (χ4n) is 4.90. The van der Waals surface area contributed by atoms with Crippen LogP contribution in [0.25, 0.3) is 0 Å². The van der Waals surface area contributed by atoms with Crippen LogP contribution < -0.4 is 0 Å². The second-order valence-corrected chi connectivity index (χ2v) is 8.94. The van der Waals surface area contributed by atoms with Gasteiger partial charge >= 0.3 is 11.9 Å². The molecule has 0 spiro atoms. The van der Waals surface area contributed by atoms with Crippen molar-refractivity contribution in [2.45, 2.75) is 129 Å². The van der Waals surface area contributed by atoms with Crippen LogP contribution in [-0.4, -0.2) is 22.2 Å². The van der Waals surface area contributed by atoms with E-state index in [1.807, 2.05) is 0 Å². The summed E-state index contributed by atoms with van der Waals surface area (Å²) < 4.78 is 0. The normalized spacial score (nSPS) is 22.2. The lowest BCUT2D eigenvalue weighted by molar-refractivity contribution is -0.166. The van der Waals surface area contributed by atoms with E-state index in [4.69, 9.17) is 0 Å². The van der Waals surface area contributed by atoms with Crippen molar-refractivity contribution >= 4 is 11.9 Å². The monoisotopic (exact) mass is 396 g/mol. The Morgan fingerprint density at radius 2 is 1.21 bits per heavy atom. The number of carbonyl (C=O) groups is 2. The van der Waals surface area contributed by atoms with E-state index >= 15 is 0 Å². The first-order chi connectivity index (χ1) is 13.5. The van der Waals surface area contributed by atoms with E-state index in [1.54, 1.807) is 0 Å². The average molecular weight is 397 g/mol. The molecular weight excluding hydrogens is 352 g/mol. The molecule has 1 aliphatic rings. The van der Waals surface area contributed by atoms with Gasteiger partial charge in [-0.15, -0.1) is 0 Å². The molecule has 0 radical (unpaired) electrons. The van der Waals surface area contributed by atoms with Crippen molar-refractivity contribution in [3.63, 3.8) is 0 Å². The number of hydrogen-bond donors (Lipinski definition) is 2. The predicted molar refractivity (Wildman–Crippen MR) is 115 cm³/mol. The molecule has 4 nitrogen and oxygen atoms in total. The SMILES string of the molecule is CCCCCCCCCCCCCCCCC1(C(=O)O)CCCCC1C(=O)O. The lowest BCUT2D eigenvalue weighted by Crippen LogP contribution is -2.44. The zero-order valence-electron chi connectivity index (χ0n) is 18.2. The molecule has 2 unspecified atom stereocenters. The fraction of sp³-hybridized carbons (Fsp3) is 0.917. The van der Waals surface area contributed by atoms with Gasteiger partial charge in [-0.1, -0.05) is 110 Å². The first kappa shape index (κ1) is 25.0. The van der Waals surface area contributed by atoms with Crippen LogP contribution in [0.2, 0.25) is 0 Å². The molecule has 0 heterocycles. The van der Waals surface area contributed by atoms with Gasteiger partial charge in [-0.3, -0.25) is 9.59 Å². The zero-order chi connectivity index (χ0) is 20.7. The van der Waals surface area contributed by atoms with E-state index < -0.39 is 23.3 Å². The average Bonchev–Trinajstić information content (AvgIpc) is 2.68. The summed E-state index contributed by atoms with van der Waals surface area (Å²) in [6.07, 6.45) is 21.0. The molecule has 0 aromatic carbocycles. The maximum absolute atomic E-state index is 11.9. The Morgan fingerprint density at radius 3 is 1.64 bits per heavy atom. The lowest BCUT2D eigenvalue weighted by atomic mass is 9.63. The summed E-state index contributed by atoms with van der Waals surface area (Å²) in [4.78, 5) is 23.5. The molecular formula is C24H44O4. The van der Waals surface area contributed by atoms with Crippen molar-refractivity contribution in [2.75, 3.05) is 0 Å². The van der Waals surface area contributed by atoms with Crippen molar-refractivity contribution < 1.29 is 19.8 Å². The largest absolute Gasteiger partial charge is 0.481 e. The van der Waals surface area contributed by atoms with Gasteiger partial charge in [0.05, 0.1) is 11.3 Å². The number of carboxylic acids is 2. The Morgan fingerprint density at radius 1 is 0.750 bits per heavy atom. The molecule has 0 amide bonds. The highest BCUT2D eigenvalue weighted by atomic mass is 16.4. The van der Waals surface area contributed by atoms with E-state index in [2.05, 4.69) is 6.92 Å². The molecule has 0 bridgehead atoms. The second kappa shape index (κ2) is 14.9. The Labute approximate surface area is 172 Å². The van der Waals surface area contributed by atoms with E-state index in [0.717, 1.165) is 32.1 Å². The third-order valence-corrected chi connectivity index (χ3v) is 6.73.